The van der Waals surface area contributed by atoms with Gasteiger partial charge in [0.15, 0.2) is 0 Å². The van der Waals surface area contributed by atoms with Gasteiger partial charge in [0.05, 0.1) is 9.70 Å². The first-order valence-electron chi connectivity index (χ1n) is 4.01. The zero-order chi connectivity index (χ0) is 8.84. The Morgan fingerprint density at radius 3 is 2.92 bits per heavy atom. The van der Waals surface area contributed by atoms with E-state index in [-0.39, 0.29) is 0 Å². The topological polar surface area (TPSA) is 39.2 Å². The lowest BCUT2D eigenvalue weighted by molar-refractivity contribution is 0.670. The van der Waals surface area contributed by atoms with Crippen molar-refractivity contribution in [1.82, 2.24) is 0 Å². The van der Waals surface area contributed by atoms with Crippen LogP contribution in [0.5, 0.6) is 0 Å². The number of rotatable bonds is 0. The van der Waals surface area contributed by atoms with Gasteiger partial charge in [0.25, 0.3) is 0 Å². The second-order valence-corrected chi connectivity index (χ2v) is 4.02. The number of nitrogen functional groups attached to an aromatic ring is 1. The lowest BCUT2D eigenvalue weighted by Crippen LogP contribution is -1.73. The van der Waals surface area contributed by atoms with Crippen molar-refractivity contribution in [2.24, 2.45) is 0 Å². The highest BCUT2D eigenvalue weighted by atomic mass is 32.1. The predicted octanol–water partition coefficient (Wildman–Crippen LogP) is 3.23. The molecule has 0 unspecified atom stereocenters. The summed E-state index contributed by atoms with van der Waals surface area (Å²) in [6.07, 6.45) is 0. The molecule has 0 aliphatic rings. The highest BCUT2D eigenvalue weighted by Crippen LogP contribution is 2.36. The van der Waals surface area contributed by atoms with Gasteiger partial charge in [-0.1, -0.05) is 12.1 Å². The molecule has 0 amide bonds. The van der Waals surface area contributed by atoms with E-state index in [9.17, 15) is 0 Å². The summed E-state index contributed by atoms with van der Waals surface area (Å²) in [5, 5.41) is 1.96. The third-order valence-corrected chi connectivity index (χ3v) is 3.05. The Labute approximate surface area is 78.6 Å². The monoisotopic (exact) mass is 189 g/mol. The maximum absolute atomic E-state index is 5.68. The van der Waals surface area contributed by atoms with Crippen LogP contribution in [-0.4, -0.2) is 0 Å². The zero-order valence-corrected chi connectivity index (χ0v) is 7.60. The number of hydrogen-bond donors (Lipinski definition) is 1. The molecule has 0 aliphatic heterocycles. The van der Waals surface area contributed by atoms with Crippen LogP contribution < -0.4 is 5.73 Å². The smallest absolute Gasteiger partial charge is 0.148 e. The fraction of sp³-hybridized carbons (Fsp3) is 0. The van der Waals surface area contributed by atoms with E-state index in [1.165, 1.54) is 0 Å². The van der Waals surface area contributed by atoms with Crippen molar-refractivity contribution in [3.8, 4) is 0 Å². The Kier molecular flexibility index (Phi) is 1.21. The van der Waals surface area contributed by atoms with Crippen molar-refractivity contribution >= 4 is 37.6 Å². The molecule has 3 aromatic rings. The minimum atomic E-state index is 0.805. The molecule has 0 spiro atoms. The molecule has 0 fully saturated rings. The number of para-hydroxylation sites is 1. The number of benzene rings is 1. The number of thiophene rings is 1. The number of nitrogens with two attached hydrogens (primary N) is 1. The highest BCUT2D eigenvalue weighted by Gasteiger charge is 2.08. The van der Waals surface area contributed by atoms with Gasteiger partial charge in [-0.25, -0.2) is 0 Å². The molecule has 0 radical (unpaired) electrons. The van der Waals surface area contributed by atoms with Crippen LogP contribution in [-0.2, 0) is 0 Å². The quantitative estimate of drug-likeness (QED) is 0.589. The van der Waals surface area contributed by atoms with Crippen molar-refractivity contribution in [2.75, 3.05) is 5.73 Å². The number of fused-ring (bicyclic) bond motifs is 3. The van der Waals surface area contributed by atoms with Gasteiger partial charge < -0.3 is 10.2 Å². The standard InChI is InChI=1S/C10H7NOS/c11-9-5-8-10(13-9)6-3-1-2-4-7(6)12-8/h1-5H,11H2. The van der Waals surface area contributed by atoms with Crippen molar-refractivity contribution in [1.29, 1.82) is 0 Å². The Bertz CT molecular complexity index is 579. The van der Waals surface area contributed by atoms with Crippen LogP contribution in [0.15, 0.2) is 34.7 Å². The van der Waals surface area contributed by atoms with Crippen LogP contribution in [0.25, 0.3) is 21.3 Å². The first kappa shape index (κ1) is 6.97. The lowest BCUT2D eigenvalue weighted by atomic mass is 10.2. The molecule has 64 valence electrons. The Morgan fingerprint density at radius 1 is 1.15 bits per heavy atom. The lowest BCUT2D eigenvalue weighted by Gasteiger charge is -1.84. The maximum Gasteiger partial charge on any atom is 0.148 e. The van der Waals surface area contributed by atoms with Gasteiger partial charge in [0.1, 0.15) is 11.2 Å². The first-order valence-corrected chi connectivity index (χ1v) is 4.83. The molecule has 2 N–H and O–H groups in total. The second kappa shape index (κ2) is 2.26. The van der Waals surface area contributed by atoms with Crippen LogP contribution in [0.3, 0.4) is 0 Å². The Morgan fingerprint density at radius 2 is 2.00 bits per heavy atom. The molecule has 0 saturated heterocycles. The van der Waals surface area contributed by atoms with Gasteiger partial charge in [-0.2, -0.15) is 0 Å². The summed E-state index contributed by atoms with van der Waals surface area (Å²) >= 11 is 1.57. The molecular formula is C10H7NOS. The number of anilines is 1. The fourth-order valence-corrected chi connectivity index (χ4v) is 2.40. The molecular weight excluding hydrogens is 182 g/mol. The van der Waals surface area contributed by atoms with Crippen LogP contribution in [0, 0.1) is 0 Å². The third kappa shape index (κ3) is 0.876. The summed E-state index contributed by atoms with van der Waals surface area (Å²) in [5.74, 6) is 0. The molecule has 0 bridgehead atoms. The summed E-state index contributed by atoms with van der Waals surface area (Å²) in [4.78, 5) is 0. The number of hydrogen-bond acceptors (Lipinski definition) is 3. The van der Waals surface area contributed by atoms with E-state index in [0.29, 0.717) is 0 Å². The van der Waals surface area contributed by atoms with Crippen LogP contribution in [0.2, 0.25) is 0 Å². The fourth-order valence-electron chi connectivity index (χ4n) is 1.52. The van der Waals surface area contributed by atoms with Gasteiger partial charge in [0, 0.05) is 11.5 Å². The maximum atomic E-state index is 5.68. The van der Waals surface area contributed by atoms with Crippen molar-refractivity contribution in [2.45, 2.75) is 0 Å². The SMILES string of the molecule is Nc1cc2oc3ccccc3c2s1. The normalized spacial score (nSPS) is 11.4. The molecule has 0 atom stereocenters. The molecule has 1 aromatic carbocycles. The minimum Gasteiger partial charge on any atom is -0.455 e. The average molecular weight is 189 g/mol. The van der Waals surface area contributed by atoms with Crippen molar-refractivity contribution in [3.05, 3.63) is 30.3 Å². The molecule has 2 heterocycles. The van der Waals surface area contributed by atoms with Gasteiger partial charge in [0.2, 0.25) is 0 Å². The average Bonchev–Trinajstić information content (AvgIpc) is 2.60. The van der Waals surface area contributed by atoms with E-state index < -0.39 is 0 Å². The largest absolute Gasteiger partial charge is 0.455 e. The molecule has 0 saturated carbocycles. The summed E-state index contributed by atoms with van der Waals surface area (Å²) in [6.45, 7) is 0. The second-order valence-electron chi connectivity index (χ2n) is 2.94. The van der Waals surface area contributed by atoms with E-state index in [1.54, 1.807) is 11.3 Å². The van der Waals surface area contributed by atoms with E-state index in [2.05, 4.69) is 6.07 Å². The summed E-state index contributed by atoms with van der Waals surface area (Å²) in [6, 6.07) is 9.88. The highest BCUT2D eigenvalue weighted by molar-refractivity contribution is 7.23. The van der Waals surface area contributed by atoms with Gasteiger partial charge >= 0.3 is 0 Å². The summed E-state index contributed by atoms with van der Waals surface area (Å²) in [7, 11) is 0. The first-order chi connectivity index (χ1) is 6.34. The molecule has 2 nitrogen and oxygen atoms in total. The molecule has 3 rings (SSSR count). The summed E-state index contributed by atoms with van der Waals surface area (Å²) < 4.78 is 6.75. The Balaban J connectivity index is 2.60. The molecule has 3 heteroatoms. The molecule has 2 aromatic heterocycles. The van der Waals surface area contributed by atoms with E-state index in [1.807, 2.05) is 24.3 Å². The zero-order valence-electron chi connectivity index (χ0n) is 6.78. The van der Waals surface area contributed by atoms with Crippen molar-refractivity contribution < 1.29 is 4.42 Å². The number of furan rings is 1. The third-order valence-electron chi connectivity index (χ3n) is 2.07. The van der Waals surface area contributed by atoms with Crippen LogP contribution in [0.4, 0.5) is 5.00 Å². The van der Waals surface area contributed by atoms with Gasteiger partial charge in [-0.3, -0.25) is 0 Å². The van der Waals surface area contributed by atoms with Crippen molar-refractivity contribution in [3.63, 3.8) is 0 Å². The molecule has 0 aliphatic carbocycles. The summed E-state index contributed by atoms with van der Waals surface area (Å²) in [5.41, 5.74) is 7.51. The van der Waals surface area contributed by atoms with Gasteiger partial charge in [-0.05, 0) is 12.1 Å². The predicted molar refractivity (Wildman–Crippen MR) is 56.0 cm³/mol. The van der Waals surface area contributed by atoms with E-state index >= 15 is 0 Å². The molecule has 13 heavy (non-hydrogen) atoms. The van der Waals surface area contributed by atoms with Gasteiger partial charge in [-0.15, -0.1) is 11.3 Å². The minimum absolute atomic E-state index is 0.805. The van der Waals surface area contributed by atoms with Crippen LogP contribution >= 0.6 is 11.3 Å². The van der Waals surface area contributed by atoms with Crippen LogP contribution in [0.1, 0.15) is 0 Å². The van der Waals surface area contributed by atoms with E-state index in [4.69, 9.17) is 10.2 Å². The van der Waals surface area contributed by atoms with E-state index in [0.717, 1.165) is 26.3 Å². The Hall–Kier alpha value is -1.48.